The third kappa shape index (κ3) is 4.65. The third-order valence-electron chi connectivity index (χ3n) is 5.72. The Morgan fingerprint density at radius 3 is 2.25 bits per heavy atom. The quantitative estimate of drug-likeness (QED) is 0.419. The highest BCUT2D eigenvalue weighted by atomic mass is 35.5. The minimum atomic E-state index is -0.838. The molecule has 0 spiro atoms. The van der Waals surface area contributed by atoms with Gasteiger partial charge in [-0.1, -0.05) is 47.2 Å². The first kappa shape index (κ1) is 23.8. The summed E-state index contributed by atoms with van der Waals surface area (Å²) in [5, 5.41) is 3.33. The highest BCUT2D eigenvalue weighted by Crippen LogP contribution is 2.31. The fraction of sp³-hybridized carbons (Fsp3) is 0.0741. The van der Waals surface area contributed by atoms with Crippen molar-refractivity contribution in [3.8, 4) is 0 Å². The lowest BCUT2D eigenvalue weighted by atomic mass is 9.95. The third-order valence-corrected chi connectivity index (χ3v) is 6.96. The van der Waals surface area contributed by atoms with Crippen LogP contribution in [0.3, 0.4) is 0 Å². The fourth-order valence-corrected chi connectivity index (χ4v) is 5.19. The molecule has 0 saturated carbocycles. The Hall–Kier alpha value is -3.88. The topological polar surface area (TPSA) is 63.5 Å². The molecule has 0 radical (unpaired) electrons. The number of hydrogen-bond acceptors (Lipinski definition) is 4. The molecule has 0 saturated heterocycles. The molecule has 4 aromatic rings. The molecule has 1 aromatic heterocycles. The van der Waals surface area contributed by atoms with Crippen LogP contribution in [-0.4, -0.2) is 10.5 Å². The molecule has 2 heterocycles. The summed E-state index contributed by atoms with van der Waals surface area (Å²) < 4.78 is 28.9. The van der Waals surface area contributed by atoms with Gasteiger partial charge in [-0.25, -0.2) is 13.8 Å². The summed E-state index contributed by atoms with van der Waals surface area (Å²) in [5.41, 5.74) is 2.05. The molecule has 1 unspecified atom stereocenters. The average Bonchev–Trinajstić information content (AvgIpc) is 3.16. The van der Waals surface area contributed by atoms with E-state index in [2.05, 4.69) is 10.3 Å². The molecular formula is C27H18ClF2N3O2S. The molecule has 9 heteroatoms. The van der Waals surface area contributed by atoms with E-state index in [4.69, 9.17) is 11.6 Å². The van der Waals surface area contributed by atoms with Gasteiger partial charge in [0.05, 0.1) is 21.8 Å². The standard InChI is InChI=1S/C27H18ClF2N3O2S/c1-15-23(25(34)32-21-12-10-20(30)11-13-21)24(17-4-8-19(29)9-5-17)33-26(35)22(36-27(33)31-15)14-16-2-6-18(28)7-3-16/h2-14,24H,1H3,(H,32,34)/b22-14+. The van der Waals surface area contributed by atoms with E-state index in [0.29, 0.717) is 31.3 Å². The van der Waals surface area contributed by atoms with Crippen molar-refractivity contribution in [3.05, 3.63) is 132 Å². The summed E-state index contributed by atoms with van der Waals surface area (Å²) in [7, 11) is 0. The maximum Gasteiger partial charge on any atom is 0.271 e. The molecule has 0 fully saturated rings. The summed E-state index contributed by atoms with van der Waals surface area (Å²) in [5.74, 6) is -1.37. The lowest BCUT2D eigenvalue weighted by Gasteiger charge is -2.25. The zero-order chi connectivity index (χ0) is 25.4. The number of carbonyl (C=O) groups excluding carboxylic acids is 1. The predicted molar refractivity (Wildman–Crippen MR) is 137 cm³/mol. The van der Waals surface area contributed by atoms with E-state index < -0.39 is 23.6 Å². The molecule has 5 nitrogen and oxygen atoms in total. The molecule has 1 atom stereocenters. The van der Waals surface area contributed by atoms with Crippen LogP contribution in [0.15, 0.2) is 93.9 Å². The second-order valence-corrected chi connectivity index (χ2v) is 9.59. The monoisotopic (exact) mass is 521 g/mol. The van der Waals surface area contributed by atoms with E-state index in [1.54, 1.807) is 49.4 Å². The molecule has 180 valence electrons. The number of allylic oxidation sites excluding steroid dienone is 1. The van der Waals surface area contributed by atoms with Gasteiger partial charge in [-0.05, 0) is 72.7 Å². The van der Waals surface area contributed by atoms with Gasteiger partial charge in [0.25, 0.3) is 11.5 Å². The number of halogens is 3. The van der Waals surface area contributed by atoms with Gasteiger partial charge in [-0.15, -0.1) is 0 Å². The first-order valence-corrected chi connectivity index (χ1v) is 12.1. The number of thiazole rings is 1. The van der Waals surface area contributed by atoms with Gasteiger partial charge in [0.15, 0.2) is 4.80 Å². The normalized spacial score (nSPS) is 15.4. The number of nitrogens with zero attached hydrogens (tertiary/aromatic N) is 2. The van der Waals surface area contributed by atoms with Crippen molar-refractivity contribution in [2.24, 2.45) is 4.99 Å². The van der Waals surface area contributed by atoms with Crippen LogP contribution in [0, 0.1) is 11.6 Å². The largest absolute Gasteiger partial charge is 0.322 e. The maximum atomic E-state index is 13.7. The number of amides is 1. The molecule has 1 aliphatic heterocycles. The van der Waals surface area contributed by atoms with E-state index >= 15 is 0 Å². The number of fused-ring (bicyclic) bond motifs is 1. The average molecular weight is 522 g/mol. The van der Waals surface area contributed by atoms with Crippen molar-refractivity contribution in [3.63, 3.8) is 0 Å². The number of hydrogen-bond donors (Lipinski definition) is 1. The van der Waals surface area contributed by atoms with Crippen LogP contribution in [0.4, 0.5) is 14.5 Å². The Morgan fingerprint density at radius 2 is 1.61 bits per heavy atom. The van der Waals surface area contributed by atoms with Gasteiger partial charge >= 0.3 is 0 Å². The second-order valence-electron chi connectivity index (χ2n) is 8.15. The van der Waals surface area contributed by atoms with Gasteiger partial charge in [0.1, 0.15) is 11.6 Å². The number of aromatic nitrogens is 1. The van der Waals surface area contributed by atoms with Crippen molar-refractivity contribution in [1.82, 2.24) is 4.57 Å². The highest BCUT2D eigenvalue weighted by Gasteiger charge is 2.32. The van der Waals surface area contributed by atoms with Crippen LogP contribution in [0.5, 0.6) is 0 Å². The summed E-state index contributed by atoms with van der Waals surface area (Å²) in [6, 6.07) is 17.2. The van der Waals surface area contributed by atoms with Crippen molar-refractivity contribution in [2.45, 2.75) is 13.0 Å². The van der Waals surface area contributed by atoms with E-state index in [1.807, 2.05) is 0 Å². The summed E-state index contributed by atoms with van der Waals surface area (Å²) >= 11 is 7.17. The minimum absolute atomic E-state index is 0.233. The Bertz CT molecular complexity index is 1670. The van der Waals surface area contributed by atoms with Gasteiger partial charge in [-0.3, -0.25) is 14.2 Å². The Balaban J connectivity index is 1.65. The zero-order valence-electron chi connectivity index (χ0n) is 18.8. The van der Waals surface area contributed by atoms with E-state index in [-0.39, 0.29) is 11.1 Å². The molecule has 0 aliphatic carbocycles. The van der Waals surface area contributed by atoms with Gasteiger partial charge in [-0.2, -0.15) is 0 Å². The van der Waals surface area contributed by atoms with Crippen LogP contribution in [0.2, 0.25) is 5.02 Å². The van der Waals surface area contributed by atoms with E-state index in [9.17, 15) is 18.4 Å². The fourth-order valence-electron chi connectivity index (χ4n) is 4.01. The van der Waals surface area contributed by atoms with Crippen molar-refractivity contribution >= 4 is 40.6 Å². The molecule has 36 heavy (non-hydrogen) atoms. The minimum Gasteiger partial charge on any atom is -0.322 e. The molecule has 1 N–H and O–H groups in total. The van der Waals surface area contributed by atoms with Crippen molar-refractivity contribution < 1.29 is 13.6 Å². The Labute approximate surface area is 213 Å². The maximum absolute atomic E-state index is 13.7. The van der Waals surface area contributed by atoms with Gasteiger partial charge < -0.3 is 5.32 Å². The first-order chi connectivity index (χ1) is 17.3. The second kappa shape index (κ2) is 9.64. The molecule has 1 aliphatic rings. The molecule has 0 bridgehead atoms. The van der Waals surface area contributed by atoms with Crippen LogP contribution < -0.4 is 20.2 Å². The Morgan fingerprint density at radius 1 is 1.00 bits per heavy atom. The molecule has 1 amide bonds. The lowest BCUT2D eigenvalue weighted by Crippen LogP contribution is -2.40. The van der Waals surface area contributed by atoms with Crippen molar-refractivity contribution in [2.75, 3.05) is 5.32 Å². The summed E-state index contributed by atoms with van der Waals surface area (Å²) in [6.07, 6.45) is 1.74. The number of benzene rings is 3. The van der Waals surface area contributed by atoms with Crippen LogP contribution in [0.25, 0.3) is 6.08 Å². The number of anilines is 1. The van der Waals surface area contributed by atoms with E-state index in [1.165, 1.54) is 52.3 Å². The lowest BCUT2D eigenvalue weighted by molar-refractivity contribution is -0.113. The molecular weight excluding hydrogens is 504 g/mol. The molecule has 5 rings (SSSR count). The van der Waals surface area contributed by atoms with E-state index in [0.717, 1.165) is 5.56 Å². The molecule has 3 aromatic carbocycles. The highest BCUT2D eigenvalue weighted by molar-refractivity contribution is 7.07. The first-order valence-electron chi connectivity index (χ1n) is 10.9. The predicted octanol–water partition coefficient (Wildman–Crippen LogP) is 4.81. The SMILES string of the molecule is CC1=C(C(=O)Nc2ccc(F)cc2)C(c2ccc(F)cc2)n2c(s/c(=C/c3ccc(Cl)cc3)c2=O)=N1. The summed E-state index contributed by atoms with van der Waals surface area (Å²) in [6.45, 7) is 1.69. The number of nitrogens with one attached hydrogen (secondary N) is 1. The zero-order valence-corrected chi connectivity index (χ0v) is 20.4. The van der Waals surface area contributed by atoms with Crippen LogP contribution in [-0.2, 0) is 4.79 Å². The van der Waals surface area contributed by atoms with Crippen LogP contribution in [0.1, 0.15) is 24.1 Å². The van der Waals surface area contributed by atoms with Gasteiger partial charge in [0.2, 0.25) is 0 Å². The number of rotatable bonds is 4. The smallest absolute Gasteiger partial charge is 0.271 e. The van der Waals surface area contributed by atoms with Crippen LogP contribution >= 0.6 is 22.9 Å². The van der Waals surface area contributed by atoms with Crippen molar-refractivity contribution in [1.29, 1.82) is 0 Å². The Kier molecular flexibility index (Phi) is 6.38. The van der Waals surface area contributed by atoms with Gasteiger partial charge in [0, 0.05) is 10.7 Å². The number of carbonyl (C=O) groups is 1. The summed E-state index contributed by atoms with van der Waals surface area (Å²) in [4.78, 5) is 32.0.